The van der Waals surface area contributed by atoms with Gasteiger partial charge in [-0.3, -0.25) is 8.98 Å². The third-order valence-corrected chi connectivity index (χ3v) is 4.73. The molecule has 8 atom stereocenters. The molecule has 0 bridgehead atoms. The van der Waals surface area contributed by atoms with Crippen molar-refractivity contribution in [2.45, 2.75) is 62.3 Å². The zero-order valence-electron chi connectivity index (χ0n) is 17.1. The third kappa shape index (κ3) is 9.38. The molecule has 4 N–H and O–H groups in total. The van der Waals surface area contributed by atoms with Crippen molar-refractivity contribution in [3.05, 3.63) is 0 Å². The van der Waals surface area contributed by atoms with Gasteiger partial charge in [0.05, 0.1) is 31.4 Å². The van der Waals surface area contributed by atoms with E-state index in [4.69, 9.17) is 14.2 Å². The minimum atomic E-state index is -5.06. The molecule has 2 aliphatic heterocycles. The second-order valence-electron chi connectivity index (χ2n) is 6.58. The van der Waals surface area contributed by atoms with E-state index >= 15 is 0 Å². The van der Waals surface area contributed by atoms with Crippen molar-refractivity contribution in [2.24, 2.45) is 0 Å². The van der Waals surface area contributed by atoms with Crippen LogP contribution in [0, 0.1) is 0 Å². The Labute approximate surface area is 222 Å². The van der Waals surface area contributed by atoms with Crippen LogP contribution in [0.1, 0.15) is 13.3 Å². The molecule has 2 saturated heterocycles. The second kappa shape index (κ2) is 13.5. The smallest absolute Gasteiger partial charge is 0.726 e. The monoisotopic (exact) mass is 489 g/mol. The van der Waals surface area contributed by atoms with Crippen LogP contribution in [0.3, 0.4) is 0 Å². The summed E-state index contributed by atoms with van der Waals surface area (Å²) in [6.07, 6.45) is -11.3. The number of amides is 1. The van der Waals surface area contributed by atoms with Gasteiger partial charge >= 0.3 is 59.1 Å². The van der Waals surface area contributed by atoms with E-state index in [0.717, 1.165) is 6.92 Å². The van der Waals surface area contributed by atoms with Crippen LogP contribution >= 0.6 is 0 Å². The molecule has 168 valence electrons. The summed E-state index contributed by atoms with van der Waals surface area (Å²) in [6.45, 7) is -0.179. The zero-order chi connectivity index (χ0) is 21.9. The molecule has 14 nitrogen and oxygen atoms in total. The Balaban J connectivity index is 0.00000450. The van der Waals surface area contributed by atoms with Crippen LogP contribution in [0.5, 0.6) is 0 Å². The second-order valence-corrected chi connectivity index (χ2v) is 7.63. The number of aliphatic hydroxyl groups excluding tert-OH is 3. The third-order valence-electron chi connectivity index (χ3n) is 4.31. The molecule has 0 aromatic rings. The Morgan fingerprint density at radius 1 is 1.19 bits per heavy atom. The van der Waals surface area contributed by atoms with Crippen LogP contribution < -0.4 is 69.5 Å². The van der Waals surface area contributed by atoms with E-state index in [0.29, 0.717) is 0 Å². The van der Waals surface area contributed by atoms with Crippen molar-refractivity contribution in [3.63, 3.8) is 0 Å². The maximum absolute atomic E-state index is 11.4. The number of rotatable bonds is 7. The molecule has 2 fully saturated rings. The summed E-state index contributed by atoms with van der Waals surface area (Å²) in [5, 5.41) is 43.7. The fourth-order valence-corrected chi connectivity index (χ4v) is 3.33. The minimum Gasteiger partial charge on any atom is -0.726 e. The van der Waals surface area contributed by atoms with Gasteiger partial charge in [-0.1, -0.05) is 0 Å². The molecule has 31 heavy (non-hydrogen) atoms. The quantitative estimate of drug-likeness (QED) is 0.148. The van der Waals surface area contributed by atoms with E-state index in [1.165, 1.54) is 0 Å². The number of carboxylic acids is 1. The van der Waals surface area contributed by atoms with Gasteiger partial charge in [-0.15, -0.1) is 0 Å². The molecular weight excluding hydrogens is 468 g/mol. The summed E-state index contributed by atoms with van der Waals surface area (Å²) in [5.41, 5.74) is 0. The molecule has 17 heteroatoms. The Bertz CT molecular complexity index is 710. The van der Waals surface area contributed by atoms with Gasteiger partial charge in [0, 0.05) is 13.3 Å². The molecule has 0 aromatic carbocycles. The zero-order valence-corrected chi connectivity index (χ0v) is 21.9. The van der Waals surface area contributed by atoms with E-state index in [2.05, 4.69) is 9.50 Å². The SMILES string of the molecule is CC(=O)NC1C(O)CC(COS(=O)(=O)[O-])OC1OC1C(C(=O)[O-])OCC(O)C1O.[Na+].[Na+]. The maximum atomic E-state index is 11.4. The van der Waals surface area contributed by atoms with Crippen LogP contribution in [0.25, 0.3) is 0 Å². The van der Waals surface area contributed by atoms with Crippen LogP contribution in [0.15, 0.2) is 0 Å². The van der Waals surface area contributed by atoms with Gasteiger partial charge < -0.3 is 49.3 Å². The number of hydrogen-bond donors (Lipinski definition) is 4. The van der Waals surface area contributed by atoms with Crippen molar-refractivity contribution in [1.29, 1.82) is 0 Å². The summed E-state index contributed by atoms with van der Waals surface area (Å²) in [7, 11) is -5.06. The van der Waals surface area contributed by atoms with Gasteiger partial charge in [0.15, 0.2) is 6.29 Å². The molecule has 2 heterocycles. The van der Waals surface area contributed by atoms with E-state index in [9.17, 15) is 43.0 Å². The maximum Gasteiger partial charge on any atom is 1.00 e. The number of aliphatic carboxylic acids is 1. The van der Waals surface area contributed by atoms with Gasteiger partial charge in [0.25, 0.3) is 0 Å². The molecule has 1 amide bonds. The molecular formula is C14H21NNa2O13S. The molecule has 0 aliphatic carbocycles. The van der Waals surface area contributed by atoms with E-state index in [1.807, 2.05) is 0 Å². The number of carbonyl (C=O) groups excluding carboxylic acids is 2. The molecule has 0 spiro atoms. The topological polar surface area (TPSA) is 224 Å². The average molecular weight is 489 g/mol. The first-order chi connectivity index (χ1) is 13.4. The van der Waals surface area contributed by atoms with Crippen molar-refractivity contribution >= 4 is 22.3 Å². The van der Waals surface area contributed by atoms with Gasteiger partial charge in [-0.25, -0.2) is 8.42 Å². The summed E-state index contributed by atoms with van der Waals surface area (Å²) in [5.74, 6) is -2.37. The first kappa shape index (κ1) is 31.6. The molecule has 2 aliphatic rings. The van der Waals surface area contributed by atoms with Gasteiger partial charge in [0.1, 0.15) is 30.5 Å². The molecule has 2 rings (SSSR count). The predicted octanol–water partition coefficient (Wildman–Crippen LogP) is -11.3. The summed E-state index contributed by atoms with van der Waals surface area (Å²) < 4.78 is 51.7. The van der Waals surface area contributed by atoms with E-state index in [1.54, 1.807) is 0 Å². The van der Waals surface area contributed by atoms with E-state index in [-0.39, 0.29) is 65.5 Å². The van der Waals surface area contributed by atoms with Crippen molar-refractivity contribution in [3.8, 4) is 0 Å². The van der Waals surface area contributed by atoms with Crippen LogP contribution in [0.4, 0.5) is 0 Å². The van der Waals surface area contributed by atoms with Gasteiger partial charge in [0.2, 0.25) is 16.3 Å². The number of nitrogens with one attached hydrogen (secondary N) is 1. The minimum absolute atomic E-state index is 0. The van der Waals surface area contributed by atoms with Crippen molar-refractivity contribution in [1.82, 2.24) is 5.32 Å². The Hall–Kier alpha value is 0.570. The molecule has 0 radical (unpaired) electrons. The van der Waals surface area contributed by atoms with E-state index < -0.39 is 84.4 Å². The standard InChI is InChI=1S/C14H23NO13S.2Na/c1-5(16)15-9-7(17)2-6(3-26-29(22,23)24)27-14(9)28-11-10(19)8(18)4-25-12(11)13(20)21;;/h6-12,14,17-19H,2-4H2,1H3,(H,15,16)(H,20,21)(H,22,23,24);;/q;2*+1/p-2. The summed E-state index contributed by atoms with van der Waals surface area (Å²) in [6, 6.07) is -1.26. The molecule has 0 aromatic heterocycles. The van der Waals surface area contributed by atoms with Crippen LogP contribution in [-0.4, -0.2) is 102 Å². The first-order valence-corrected chi connectivity index (χ1v) is 9.77. The van der Waals surface area contributed by atoms with Gasteiger partial charge in [-0.05, 0) is 0 Å². The fraction of sp³-hybridized carbons (Fsp3) is 0.857. The number of hydrogen-bond acceptors (Lipinski definition) is 13. The predicted molar refractivity (Wildman–Crippen MR) is 84.2 cm³/mol. The first-order valence-electron chi connectivity index (χ1n) is 8.44. The number of aliphatic hydroxyl groups is 3. The fourth-order valence-electron chi connectivity index (χ4n) is 3.01. The normalized spacial score (nSPS) is 35.9. The summed E-state index contributed by atoms with van der Waals surface area (Å²) >= 11 is 0. The number of carbonyl (C=O) groups is 2. The Morgan fingerprint density at radius 3 is 2.32 bits per heavy atom. The number of carboxylic acid groups (broad SMARTS) is 1. The molecule has 0 saturated carbocycles. The summed E-state index contributed by atoms with van der Waals surface area (Å²) in [4.78, 5) is 22.7. The van der Waals surface area contributed by atoms with Gasteiger partial charge in [-0.2, -0.15) is 0 Å². The molecule has 8 unspecified atom stereocenters. The number of ether oxygens (including phenoxy) is 3. The Kier molecular flexibility index (Phi) is 13.7. The van der Waals surface area contributed by atoms with Crippen LogP contribution in [0.2, 0.25) is 0 Å². The Morgan fingerprint density at radius 2 is 1.81 bits per heavy atom. The van der Waals surface area contributed by atoms with Crippen LogP contribution in [-0.2, 0) is 38.4 Å². The average Bonchev–Trinajstić information content (AvgIpc) is 2.59. The van der Waals surface area contributed by atoms with Crippen molar-refractivity contribution in [2.75, 3.05) is 13.2 Å². The van der Waals surface area contributed by atoms with Crippen molar-refractivity contribution < 1.29 is 120 Å². The largest absolute Gasteiger partial charge is 1.00 e.